The predicted octanol–water partition coefficient (Wildman–Crippen LogP) is 4.54. The Morgan fingerprint density at radius 2 is 2.00 bits per heavy atom. The fourth-order valence-corrected chi connectivity index (χ4v) is 3.40. The van der Waals surface area contributed by atoms with Gasteiger partial charge in [0.05, 0.1) is 5.56 Å². The molecule has 20 heavy (non-hydrogen) atoms. The fraction of sp³-hybridized carbons (Fsp3) is 0.600. The van der Waals surface area contributed by atoms with Gasteiger partial charge in [0.2, 0.25) is 0 Å². The topological polar surface area (TPSA) is 33.2 Å². The van der Waals surface area contributed by atoms with Crippen molar-refractivity contribution in [1.29, 1.82) is 0 Å². The average Bonchev–Trinajstić information content (AvgIpc) is 2.49. The molecule has 1 fully saturated rings. The van der Waals surface area contributed by atoms with Crippen molar-refractivity contribution in [2.75, 3.05) is 13.1 Å². The fourth-order valence-electron chi connectivity index (χ4n) is 2.88. The lowest BCUT2D eigenvalue weighted by Gasteiger charge is -2.41. The summed E-state index contributed by atoms with van der Waals surface area (Å²) < 4.78 is 0.777. The zero-order valence-corrected chi connectivity index (χ0v) is 14.3. The normalized spacial score (nSPS) is 18.1. The summed E-state index contributed by atoms with van der Waals surface area (Å²) in [6.07, 6.45) is 6.12. The van der Waals surface area contributed by atoms with Crippen LogP contribution >= 0.6 is 27.5 Å². The Balaban J connectivity index is 2.10. The van der Waals surface area contributed by atoms with E-state index in [2.05, 4.69) is 34.8 Å². The summed E-state index contributed by atoms with van der Waals surface area (Å²) in [5.74, 6) is -0.00962. The molecule has 0 aromatic carbocycles. The third kappa shape index (κ3) is 3.17. The number of likely N-dealkylation sites (tertiary alicyclic amines) is 1. The minimum atomic E-state index is -0.00962. The van der Waals surface area contributed by atoms with Gasteiger partial charge in [-0.2, -0.15) is 0 Å². The molecule has 0 saturated carbocycles. The molecule has 1 aromatic rings. The molecule has 110 valence electrons. The third-order valence-electron chi connectivity index (χ3n) is 4.65. The molecule has 2 heterocycles. The lowest BCUT2D eigenvalue weighted by atomic mass is 9.74. The Kier molecular flexibility index (Phi) is 5.08. The number of hydrogen-bond acceptors (Lipinski definition) is 2. The van der Waals surface area contributed by atoms with E-state index in [0.717, 1.165) is 30.4 Å². The van der Waals surface area contributed by atoms with Gasteiger partial charge in [0.1, 0.15) is 5.15 Å². The molecule has 5 heteroatoms. The molecule has 0 aliphatic carbocycles. The molecule has 0 N–H and O–H groups in total. The average molecular weight is 360 g/mol. The zero-order valence-electron chi connectivity index (χ0n) is 12.0. The molecule has 1 amide bonds. The van der Waals surface area contributed by atoms with Crippen molar-refractivity contribution in [2.24, 2.45) is 5.41 Å². The molecule has 0 radical (unpaired) electrons. The van der Waals surface area contributed by atoms with E-state index in [1.165, 1.54) is 12.8 Å². The van der Waals surface area contributed by atoms with Crippen molar-refractivity contribution < 1.29 is 4.79 Å². The molecule has 1 saturated heterocycles. The Morgan fingerprint density at radius 1 is 1.40 bits per heavy atom. The number of hydrogen-bond donors (Lipinski definition) is 0. The maximum Gasteiger partial charge on any atom is 0.257 e. The highest BCUT2D eigenvalue weighted by Gasteiger charge is 2.33. The number of piperidine rings is 1. The van der Waals surface area contributed by atoms with Crippen LogP contribution in [0.1, 0.15) is 49.9 Å². The van der Waals surface area contributed by atoms with Crippen LogP contribution in [0, 0.1) is 5.41 Å². The lowest BCUT2D eigenvalue weighted by Crippen LogP contribution is -2.43. The number of halogens is 2. The monoisotopic (exact) mass is 358 g/mol. The van der Waals surface area contributed by atoms with Gasteiger partial charge >= 0.3 is 0 Å². The predicted molar refractivity (Wildman–Crippen MR) is 85.1 cm³/mol. The van der Waals surface area contributed by atoms with Crippen LogP contribution in [0.5, 0.6) is 0 Å². The summed E-state index contributed by atoms with van der Waals surface area (Å²) in [7, 11) is 0. The number of pyridine rings is 1. The van der Waals surface area contributed by atoms with Crippen LogP contribution in [-0.2, 0) is 0 Å². The van der Waals surface area contributed by atoms with Crippen LogP contribution in [-0.4, -0.2) is 28.9 Å². The molecular weight excluding hydrogens is 340 g/mol. The van der Waals surface area contributed by atoms with Crippen molar-refractivity contribution in [3.05, 3.63) is 27.5 Å². The van der Waals surface area contributed by atoms with Crippen LogP contribution in [0.2, 0.25) is 5.15 Å². The zero-order chi connectivity index (χ0) is 14.8. The Labute approximate surface area is 133 Å². The highest BCUT2D eigenvalue weighted by Crippen LogP contribution is 2.38. The van der Waals surface area contributed by atoms with Gasteiger partial charge in [-0.15, -0.1) is 0 Å². The Morgan fingerprint density at radius 3 is 2.55 bits per heavy atom. The highest BCUT2D eigenvalue weighted by molar-refractivity contribution is 9.10. The molecule has 0 unspecified atom stereocenters. The van der Waals surface area contributed by atoms with Crippen molar-refractivity contribution in [3.8, 4) is 0 Å². The number of amides is 1. The van der Waals surface area contributed by atoms with Crippen LogP contribution in [0.25, 0.3) is 0 Å². The van der Waals surface area contributed by atoms with Crippen molar-refractivity contribution in [3.63, 3.8) is 0 Å². The molecule has 0 atom stereocenters. The largest absolute Gasteiger partial charge is 0.339 e. The number of rotatable bonds is 3. The molecule has 0 bridgehead atoms. The summed E-state index contributed by atoms with van der Waals surface area (Å²) in [6.45, 7) is 6.11. The summed E-state index contributed by atoms with van der Waals surface area (Å²) in [5.41, 5.74) is 0.900. The molecule has 1 aliphatic heterocycles. The van der Waals surface area contributed by atoms with E-state index in [1.807, 2.05) is 4.90 Å². The molecule has 0 spiro atoms. The van der Waals surface area contributed by atoms with E-state index in [1.54, 1.807) is 12.3 Å². The van der Waals surface area contributed by atoms with Crippen LogP contribution in [0.15, 0.2) is 16.7 Å². The quantitative estimate of drug-likeness (QED) is 0.742. The van der Waals surface area contributed by atoms with Gasteiger partial charge in [-0.25, -0.2) is 4.98 Å². The molecule has 3 nitrogen and oxygen atoms in total. The van der Waals surface area contributed by atoms with E-state index in [-0.39, 0.29) is 11.1 Å². The number of nitrogens with zero attached hydrogens (tertiary/aromatic N) is 2. The second-order valence-electron chi connectivity index (χ2n) is 5.49. The maximum absolute atomic E-state index is 12.5. The second kappa shape index (κ2) is 6.44. The van der Waals surface area contributed by atoms with Crippen LogP contribution in [0.3, 0.4) is 0 Å². The first-order chi connectivity index (χ1) is 9.51. The number of carbonyl (C=O) groups excluding carboxylic acids is 1. The smallest absolute Gasteiger partial charge is 0.257 e. The summed E-state index contributed by atoms with van der Waals surface area (Å²) in [4.78, 5) is 18.5. The third-order valence-corrected chi connectivity index (χ3v) is 5.38. The maximum atomic E-state index is 12.5. The van der Waals surface area contributed by atoms with Crippen molar-refractivity contribution >= 4 is 33.4 Å². The second-order valence-corrected chi connectivity index (χ2v) is 6.76. The minimum absolute atomic E-state index is 0.00962. The number of carbonyl (C=O) groups is 1. The molecule has 1 aliphatic rings. The summed E-state index contributed by atoms with van der Waals surface area (Å²) >= 11 is 9.38. The van der Waals surface area contributed by atoms with E-state index >= 15 is 0 Å². The molecule has 1 aromatic heterocycles. The standard InChI is InChI=1S/C15H20BrClN2O/c1-3-15(4-2)5-7-19(8-6-15)14(20)12-9-11(16)10-18-13(12)17/h9-10H,3-8H2,1-2H3. The lowest BCUT2D eigenvalue weighted by molar-refractivity contribution is 0.0557. The van der Waals surface area contributed by atoms with Gasteiger partial charge in [-0.05, 0) is 40.3 Å². The van der Waals surface area contributed by atoms with Crippen molar-refractivity contribution in [1.82, 2.24) is 9.88 Å². The minimum Gasteiger partial charge on any atom is -0.339 e. The van der Waals surface area contributed by atoms with Crippen LogP contribution < -0.4 is 0 Å². The van der Waals surface area contributed by atoms with Gasteiger partial charge in [0.25, 0.3) is 5.91 Å². The van der Waals surface area contributed by atoms with E-state index in [4.69, 9.17) is 11.6 Å². The SMILES string of the molecule is CCC1(CC)CCN(C(=O)c2cc(Br)cnc2Cl)CC1. The van der Waals surface area contributed by atoms with Crippen molar-refractivity contribution in [2.45, 2.75) is 39.5 Å². The van der Waals surface area contributed by atoms with Crippen LogP contribution in [0.4, 0.5) is 0 Å². The van der Waals surface area contributed by atoms with Gasteiger partial charge in [0, 0.05) is 23.8 Å². The van der Waals surface area contributed by atoms with Gasteiger partial charge in [-0.1, -0.05) is 38.3 Å². The highest BCUT2D eigenvalue weighted by atomic mass is 79.9. The van der Waals surface area contributed by atoms with Gasteiger partial charge < -0.3 is 4.90 Å². The first-order valence-electron chi connectivity index (χ1n) is 7.11. The molecule has 2 rings (SSSR count). The van der Waals surface area contributed by atoms with E-state index in [9.17, 15) is 4.79 Å². The first-order valence-corrected chi connectivity index (χ1v) is 8.29. The molecular formula is C15H20BrClN2O. The summed E-state index contributed by atoms with van der Waals surface area (Å²) in [6, 6.07) is 1.75. The van der Waals surface area contributed by atoms with Gasteiger partial charge in [-0.3, -0.25) is 4.79 Å². The number of aromatic nitrogens is 1. The van der Waals surface area contributed by atoms with E-state index < -0.39 is 0 Å². The Hall–Kier alpha value is -0.610. The van der Waals surface area contributed by atoms with E-state index in [0.29, 0.717) is 11.0 Å². The Bertz CT molecular complexity index is 493. The van der Waals surface area contributed by atoms with Gasteiger partial charge in [0.15, 0.2) is 0 Å². The first kappa shape index (κ1) is 15.8. The summed E-state index contributed by atoms with van der Waals surface area (Å²) in [5, 5.41) is 0.279.